The Morgan fingerprint density at radius 2 is 2.04 bits per heavy atom. The van der Waals surface area contributed by atoms with E-state index in [1.807, 2.05) is 37.3 Å². The first kappa shape index (κ1) is 15.2. The van der Waals surface area contributed by atoms with Crippen LogP contribution in [0.4, 0.5) is 4.39 Å². The van der Waals surface area contributed by atoms with E-state index in [0.717, 1.165) is 32.3 Å². The monoisotopic (exact) mass is 341 g/mol. The first-order chi connectivity index (χ1) is 11.6. The molecule has 0 spiro atoms. The van der Waals surface area contributed by atoms with Gasteiger partial charge in [0.1, 0.15) is 16.1 Å². The Morgan fingerprint density at radius 1 is 1.21 bits per heavy atom. The van der Waals surface area contributed by atoms with Crippen LogP contribution in [0.5, 0.6) is 5.75 Å². The number of halogens is 1. The molecule has 0 amide bonds. The largest absolute Gasteiger partial charge is 0.485 e. The van der Waals surface area contributed by atoms with E-state index >= 15 is 0 Å². The van der Waals surface area contributed by atoms with E-state index in [9.17, 15) is 4.39 Å². The Labute approximate surface area is 143 Å². The molecule has 0 fully saturated rings. The third-order valence-electron chi connectivity index (χ3n) is 4.08. The van der Waals surface area contributed by atoms with Crippen molar-refractivity contribution >= 4 is 11.3 Å². The molecule has 4 nitrogen and oxygen atoms in total. The maximum absolute atomic E-state index is 14.4. The fourth-order valence-electron chi connectivity index (χ4n) is 2.93. The Kier molecular flexibility index (Phi) is 3.78. The summed E-state index contributed by atoms with van der Waals surface area (Å²) in [7, 11) is 0. The second kappa shape index (κ2) is 5.96. The minimum absolute atomic E-state index is 0.138. The average molecular weight is 341 g/mol. The molecule has 1 aliphatic rings. The second-order valence-electron chi connectivity index (χ2n) is 5.83. The number of hydrogen-bond acceptors (Lipinski definition) is 5. The highest BCUT2D eigenvalue weighted by atomic mass is 32.1. The normalized spacial score (nSPS) is 16.0. The van der Waals surface area contributed by atoms with Gasteiger partial charge in [0.25, 0.3) is 0 Å². The summed E-state index contributed by atoms with van der Waals surface area (Å²) in [6.07, 6.45) is 0.506. The average Bonchev–Trinajstić information content (AvgIpc) is 3.21. The summed E-state index contributed by atoms with van der Waals surface area (Å²) in [6.45, 7) is 2.31. The minimum atomic E-state index is -0.337. The Hall–Kier alpha value is -2.31. The lowest BCUT2D eigenvalue weighted by atomic mass is 9.99. The molecule has 2 heterocycles. The summed E-state index contributed by atoms with van der Waals surface area (Å²) in [6, 6.07) is 11.4. The maximum atomic E-state index is 14.4. The summed E-state index contributed by atoms with van der Waals surface area (Å²) >= 11 is 1.54. The minimum Gasteiger partial charge on any atom is -0.485 e. The molecule has 6 heteroatoms. The standard InChI is InChI=1S/C18H16FN3OS/c1-10-21-22-18(24-10)12-4-2-3-11(5-12)13-6-14-7-15(9-20)23-17(14)16(19)8-13/h2-6,8,15H,7,9,20H2,1H3/t15-/m1/s1. The first-order valence-electron chi connectivity index (χ1n) is 7.74. The van der Waals surface area contributed by atoms with E-state index in [0.29, 0.717) is 18.7 Å². The van der Waals surface area contributed by atoms with Crippen molar-refractivity contribution in [3.63, 3.8) is 0 Å². The van der Waals surface area contributed by atoms with Crippen LogP contribution in [-0.4, -0.2) is 22.8 Å². The highest BCUT2D eigenvalue weighted by molar-refractivity contribution is 7.14. The van der Waals surface area contributed by atoms with Crippen molar-refractivity contribution in [3.8, 4) is 27.4 Å². The molecule has 1 atom stereocenters. The van der Waals surface area contributed by atoms with Crippen LogP contribution in [0.1, 0.15) is 10.6 Å². The zero-order valence-electron chi connectivity index (χ0n) is 13.1. The van der Waals surface area contributed by atoms with Crippen LogP contribution in [0.25, 0.3) is 21.7 Å². The number of nitrogens with zero attached hydrogens (tertiary/aromatic N) is 2. The smallest absolute Gasteiger partial charge is 0.165 e. The van der Waals surface area contributed by atoms with Gasteiger partial charge in [-0.25, -0.2) is 4.39 Å². The van der Waals surface area contributed by atoms with E-state index in [2.05, 4.69) is 10.2 Å². The molecule has 3 aromatic rings. The van der Waals surface area contributed by atoms with Crippen LogP contribution >= 0.6 is 11.3 Å². The van der Waals surface area contributed by atoms with Crippen LogP contribution in [0, 0.1) is 12.7 Å². The van der Waals surface area contributed by atoms with Gasteiger partial charge in [-0.3, -0.25) is 0 Å². The van der Waals surface area contributed by atoms with Crippen molar-refractivity contribution in [2.75, 3.05) is 6.54 Å². The van der Waals surface area contributed by atoms with E-state index in [1.54, 1.807) is 11.3 Å². The number of ether oxygens (including phenoxy) is 1. The number of hydrogen-bond donors (Lipinski definition) is 1. The van der Waals surface area contributed by atoms with Crippen LogP contribution in [-0.2, 0) is 6.42 Å². The maximum Gasteiger partial charge on any atom is 0.165 e. The van der Waals surface area contributed by atoms with Gasteiger partial charge in [0.15, 0.2) is 11.6 Å². The molecule has 1 aliphatic heterocycles. The number of aromatic nitrogens is 2. The van der Waals surface area contributed by atoms with Crippen molar-refractivity contribution in [2.24, 2.45) is 5.73 Å². The topological polar surface area (TPSA) is 61.0 Å². The van der Waals surface area contributed by atoms with Gasteiger partial charge in [0, 0.05) is 24.1 Å². The lowest BCUT2D eigenvalue weighted by Gasteiger charge is -2.08. The Bertz CT molecular complexity index is 909. The van der Waals surface area contributed by atoms with Gasteiger partial charge < -0.3 is 10.5 Å². The van der Waals surface area contributed by atoms with Gasteiger partial charge >= 0.3 is 0 Å². The molecule has 0 saturated carbocycles. The fraction of sp³-hybridized carbons (Fsp3) is 0.222. The summed E-state index contributed by atoms with van der Waals surface area (Å²) in [4.78, 5) is 0. The zero-order chi connectivity index (χ0) is 16.7. The van der Waals surface area contributed by atoms with Crippen molar-refractivity contribution in [1.82, 2.24) is 10.2 Å². The number of aryl methyl sites for hydroxylation is 1. The number of nitrogens with two attached hydrogens (primary N) is 1. The fourth-order valence-corrected chi connectivity index (χ4v) is 3.62. The molecule has 1 aromatic heterocycles. The number of fused-ring (bicyclic) bond motifs is 1. The third-order valence-corrected chi connectivity index (χ3v) is 4.97. The highest BCUT2D eigenvalue weighted by Gasteiger charge is 2.25. The zero-order valence-corrected chi connectivity index (χ0v) is 13.9. The predicted octanol–water partition coefficient (Wildman–Crippen LogP) is 3.58. The van der Waals surface area contributed by atoms with Gasteiger partial charge in [-0.05, 0) is 36.2 Å². The first-order valence-corrected chi connectivity index (χ1v) is 8.56. The van der Waals surface area contributed by atoms with Crippen molar-refractivity contribution in [1.29, 1.82) is 0 Å². The van der Waals surface area contributed by atoms with Crippen LogP contribution in [0.2, 0.25) is 0 Å². The summed E-state index contributed by atoms with van der Waals surface area (Å²) in [5.41, 5.74) is 9.27. The van der Waals surface area contributed by atoms with Crippen molar-refractivity contribution in [3.05, 3.63) is 52.8 Å². The van der Waals surface area contributed by atoms with Gasteiger partial charge in [-0.1, -0.05) is 29.5 Å². The molecule has 24 heavy (non-hydrogen) atoms. The van der Waals surface area contributed by atoms with Crippen molar-refractivity contribution in [2.45, 2.75) is 19.4 Å². The van der Waals surface area contributed by atoms with E-state index < -0.39 is 0 Å². The third kappa shape index (κ3) is 2.68. The molecule has 0 unspecified atom stereocenters. The molecule has 122 valence electrons. The lowest BCUT2D eigenvalue weighted by molar-refractivity contribution is 0.232. The second-order valence-corrected chi connectivity index (χ2v) is 7.01. The van der Waals surface area contributed by atoms with E-state index in [1.165, 1.54) is 6.07 Å². The van der Waals surface area contributed by atoms with Crippen LogP contribution < -0.4 is 10.5 Å². The van der Waals surface area contributed by atoms with Gasteiger partial charge in [0.05, 0.1) is 0 Å². The Balaban J connectivity index is 1.74. The lowest BCUT2D eigenvalue weighted by Crippen LogP contribution is -2.24. The molecule has 0 saturated heterocycles. The molecule has 2 aromatic carbocycles. The summed E-state index contributed by atoms with van der Waals surface area (Å²) in [5, 5.41) is 10.0. The number of benzene rings is 2. The van der Waals surface area contributed by atoms with E-state index in [-0.39, 0.29) is 11.9 Å². The van der Waals surface area contributed by atoms with Crippen molar-refractivity contribution < 1.29 is 9.13 Å². The predicted molar refractivity (Wildman–Crippen MR) is 92.7 cm³/mol. The van der Waals surface area contributed by atoms with Gasteiger partial charge in [-0.15, -0.1) is 10.2 Å². The van der Waals surface area contributed by atoms with Crippen LogP contribution in [0.3, 0.4) is 0 Å². The molecule has 4 rings (SSSR count). The molecule has 2 N–H and O–H groups in total. The molecular formula is C18H16FN3OS. The van der Waals surface area contributed by atoms with Crippen LogP contribution in [0.15, 0.2) is 36.4 Å². The molecule has 0 radical (unpaired) electrons. The van der Waals surface area contributed by atoms with Gasteiger partial charge in [0.2, 0.25) is 0 Å². The summed E-state index contributed by atoms with van der Waals surface area (Å²) in [5.74, 6) is 0.000663. The van der Waals surface area contributed by atoms with E-state index in [4.69, 9.17) is 10.5 Å². The quantitative estimate of drug-likeness (QED) is 0.791. The summed E-state index contributed by atoms with van der Waals surface area (Å²) < 4.78 is 19.9. The van der Waals surface area contributed by atoms with Gasteiger partial charge in [-0.2, -0.15) is 0 Å². The molecule has 0 bridgehead atoms. The molecular weight excluding hydrogens is 325 g/mol. The highest BCUT2D eigenvalue weighted by Crippen LogP contribution is 2.36. The SMILES string of the molecule is Cc1nnc(-c2cccc(-c3cc(F)c4c(c3)C[C@H](CN)O4)c2)s1. The molecule has 0 aliphatic carbocycles. The number of rotatable bonds is 3. The Morgan fingerprint density at radius 3 is 2.79 bits per heavy atom.